The van der Waals surface area contributed by atoms with Crippen molar-refractivity contribution in [2.75, 3.05) is 4.43 Å². The standard InChI is InChI=1S/C21H35IO3/c1-4-17(13-22)25-18-10-11-19(20(12-18)14(2)23)21(15(3)24)16-8-6-5-7-9-16/h10-11,14-17,20-21,23-24H,4-9,12-13H2,1-3H3/t14-,15?,17?,20-,21?/m1/s1. The zero-order chi connectivity index (χ0) is 18.4. The topological polar surface area (TPSA) is 49.7 Å². The summed E-state index contributed by atoms with van der Waals surface area (Å²) >= 11 is 2.37. The summed E-state index contributed by atoms with van der Waals surface area (Å²) < 4.78 is 7.11. The summed E-state index contributed by atoms with van der Waals surface area (Å²) in [6.07, 6.45) is 11.6. The van der Waals surface area contributed by atoms with Crippen LogP contribution in [0.25, 0.3) is 0 Å². The van der Waals surface area contributed by atoms with Crippen molar-refractivity contribution in [3.05, 3.63) is 23.5 Å². The summed E-state index contributed by atoms with van der Waals surface area (Å²) in [5.74, 6) is 1.72. The molecule has 5 atom stereocenters. The first-order valence-electron chi connectivity index (χ1n) is 9.97. The largest absolute Gasteiger partial charge is 0.494 e. The second-order valence-electron chi connectivity index (χ2n) is 7.82. The lowest BCUT2D eigenvalue weighted by Crippen LogP contribution is -2.36. The Bertz CT molecular complexity index is 460. The normalized spacial score (nSPS) is 27.0. The lowest BCUT2D eigenvalue weighted by molar-refractivity contribution is 0.0589. The maximum atomic E-state index is 10.5. The smallest absolute Gasteiger partial charge is 0.107 e. The number of allylic oxidation sites excluding steroid dienone is 3. The molecule has 1 saturated carbocycles. The molecule has 2 N–H and O–H groups in total. The van der Waals surface area contributed by atoms with Gasteiger partial charge >= 0.3 is 0 Å². The molecule has 2 aliphatic carbocycles. The number of alkyl halides is 1. The maximum Gasteiger partial charge on any atom is 0.107 e. The van der Waals surface area contributed by atoms with Gasteiger partial charge < -0.3 is 14.9 Å². The second kappa shape index (κ2) is 10.3. The van der Waals surface area contributed by atoms with E-state index in [1.54, 1.807) is 0 Å². The molecule has 3 nitrogen and oxygen atoms in total. The molecule has 1 fully saturated rings. The van der Waals surface area contributed by atoms with E-state index in [-0.39, 0.29) is 24.0 Å². The minimum Gasteiger partial charge on any atom is -0.494 e. The molecule has 144 valence electrons. The Morgan fingerprint density at radius 2 is 1.84 bits per heavy atom. The van der Waals surface area contributed by atoms with Gasteiger partial charge in [0.25, 0.3) is 0 Å². The highest BCUT2D eigenvalue weighted by molar-refractivity contribution is 14.1. The first-order valence-corrected chi connectivity index (χ1v) is 11.5. The van der Waals surface area contributed by atoms with Crippen LogP contribution in [0.4, 0.5) is 0 Å². The van der Waals surface area contributed by atoms with Crippen LogP contribution in [0.3, 0.4) is 0 Å². The molecule has 2 rings (SSSR count). The summed E-state index contributed by atoms with van der Waals surface area (Å²) in [4.78, 5) is 0. The van der Waals surface area contributed by atoms with E-state index in [4.69, 9.17) is 4.74 Å². The molecule has 0 bridgehead atoms. The van der Waals surface area contributed by atoms with Crippen LogP contribution in [-0.2, 0) is 4.74 Å². The number of aliphatic hydroxyl groups excluding tert-OH is 2. The third kappa shape index (κ3) is 5.70. The molecule has 25 heavy (non-hydrogen) atoms. The third-order valence-corrected chi connectivity index (χ3v) is 6.88. The molecule has 0 heterocycles. The van der Waals surface area contributed by atoms with Gasteiger partial charge in [-0.1, -0.05) is 60.4 Å². The molecule has 0 aromatic rings. The number of ether oxygens (including phenoxy) is 1. The van der Waals surface area contributed by atoms with Crippen LogP contribution >= 0.6 is 22.6 Å². The number of halogens is 1. The van der Waals surface area contributed by atoms with E-state index in [1.165, 1.54) is 37.7 Å². The minimum absolute atomic E-state index is 0.0493. The average Bonchev–Trinajstić information content (AvgIpc) is 2.61. The molecule has 4 heteroatoms. The van der Waals surface area contributed by atoms with Gasteiger partial charge in [-0.2, -0.15) is 0 Å². The van der Waals surface area contributed by atoms with E-state index in [9.17, 15) is 10.2 Å². The molecule has 0 amide bonds. The molecular weight excluding hydrogens is 427 g/mol. The first-order chi connectivity index (χ1) is 12.0. The second-order valence-corrected chi connectivity index (χ2v) is 8.70. The molecule has 3 unspecified atom stereocenters. The molecule has 0 spiro atoms. The van der Waals surface area contributed by atoms with Crippen LogP contribution in [0.15, 0.2) is 23.5 Å². The van der Waals surface area contributed by atoms with E-state index >= 15 is 0 Å². The Hall–Kier alpha value is -0.0700. The van der Waals surface area contributed by atoms with Crippen molar-refractivity contribution in [1.29, 1.82) is 0 Å². The van der Waals surface area contributed by atoms with Gasteiger partial charge in [0.2, 0.25) is 0 Å². The lowest BCUT2D eigenvalue weighted by atomic mass is 9.68. The van der Waals surface area contributed by atoms with Crippen molar-refractivity contribution in [2.24, 2.45) is 17.8 Å². The van der Waals surface area contributed by atoms with E-state index < -0.39 is 6.10 Å². The lowest BCUT2D eigenvalue weighted by Gasteiger charge is -2.39. The van der Waals surface area contributed by atoms with Crippen molar-refractivity contribution in [1.82, 2.24) is 0 Å². The van der Waals surface area contributed by atoms with E-state index in [2.05, 4.69) is 41.7 Å². The van der Waals surface area contributed by atoms with Gasteiger partial charge in [0, 0.05) is 22.7 Å². The van der Waals surface area contributed by atoms with Gasteiger partial charge in [0.1, 0.15) is 6.10 Å². The summed E-state index contributed by atoms with van der Waals surface area (Å²) in [5.41, 5.74) is 1.23. The van der Waals surface area contributed by atoms with Crippen molar-refractivity contribution < 1.29 is 14.9 Å². The number of rotatable bonds is 8. The van der Waals surface area contributed by atoms with E-state index in [0.29, 0.717) is 5.92 Å². The van der Waals surface area contributed by atoms with Gasteiger partial charge in [0.05, 0.1) is 18.0 Å². The Morgan fingerprint density at radius 1 is 1.16 bits per heavy atom. The Balaban J connectivity index is 2.24. The Morgan fingerprint density at radius 3 is 2.36 bits per heavy atom. The van der Waals surface area contributed by atoms with Crippen molar-refractivity contribution >= 4 is 22.6 Å². The van der Waals surface area contributed by atoms with Crippen LogP contribution in [-0.4, -0.2) is 33.0 Å². The molecule has 0 aromatic heterocycles. The van der Waals surface area contributed by atoms with Crippen molar-refractivity contribution in [3.63, 3.8) is 0 Å². The van der Waals surface area contributed by atoms with Crippen LogP contribution in [0, 0.1) is 17.8 Å². The zero-order valence-corrected chi connectivity index (χ0v) is 18.1. The van der Waals surface area contributed by atoms with E-state index in [0.717, 1.165) is 23.0 Å². The molecule has 0 radical (unpaired) electrons. The summed E-state index contributed by atoms with van der Waals surface area (Å²) in [7, 11) is 0. The van der Waals surface area contributed by atoms with E-state index in [1.807, 2.05) is 13.8 Å². The third-order valence-electron chi connectivity index (χ3n) is 5.90. The fourth-order valence-corrected chi connectivity index (χ4v) is 5.29. The summed E-state index contributed by atoms with van der Waals surface area (Å²) in [5, 5.41) is 21.0. The maximum absolute atomic E-state index is 10.5. The molecule has 0 aliphatic heterocycles. The number of hydrogen-bond acceptors (Lipinski definition) is 3. The van der Waals surface area contributed by atoms with Crippen LogP contribution in [0.5, 0.6) is 0 Å². The monoisotopic (exact) mass is 462 g/mol. The highest BCUT2D eigenvalue weighted by Gasteiger charge is 2.36. The Kier molecular flexibility index (Phi) is 8.76. The molecule has 0 aromatic carbocycles. The predicted molar refractivity (Wildman–Crippen MR) is 112 cm³/mol. The SMILES string of the molecule is CCC(CI)OC1=CC=C(C(C(C)O)C2CCCCC2)[C@@H]([C@@H](C)O)C1. The number of hydrogen-bond donors (Lipinski definition) is 2. The number of aliphatic hydroxyl groups is 2. The van der Waals surface area contributed by atoms with Gasteiger partial charge in [0.15, 0.2) is 0 Å². The average molecular weight is 462 g/mol. The first kappa shape index (κ1) is 21.2. The zero-order valence-electron chi connectivity index (χ0n) is 16.0. The quantitative estimate of drug-likeness (QED) is 0.394. The Labute approximate surface area is 167 Å². The van der Waals surface area contributed by atoms with Crippen LogP contribution < -0.4 is 0 Å². The van der Waals surface area contributed by atoms with Crippen LogP contribution in [0.1, 0.15) is 65.7 Å². The summed E-state index contributed by atoms with van der Waals surface area (Å²) in [6.45, 7) is 5.93. The van der Waals surface area contributed by atoms with Crippen molar-refractivity contribution in [3.8, 4) is 0 Å². The molecule has 0 saturated heterocycles. The minimum atomic E-state index is -0.428. The molecule has 2 aliphatic rings. The van der Waals surface area contributed by atoms with Crippen LogP contribution in [0.2, 0.25) is 0 Å². The fourth-order valence-electron chi connectivity index (χ4n) is 4.49. The van der Waals surface area contributed by atoms with Gasteiger partial charge in [-0.25, -0.2) is 0 Å². The summed E-state index contributed by atoms with van der Waals surface area (Å²) in [6, 6.07) is 0. The predicted octanol–water partition coefficient (Wildman–Crippen LogP) is 5.00. The van der Waals surface area contributed by atoms with Gasteiger partial charge in [-0.3, -0.25) is 0 Å². The molecular formula is C21H35IO3. The fraction of sp³-hybridized carbons (Fsp3) is 0.810. The highest BCUT2D eigenvalue weighted by Crippen LogP contribution is 2.42. The highest BCUT2D eigenvalue weighted by atomic mass is 127. The van der Waals surface area contributed by atoms with Gasteiger partial charge in [-0.15, -0.1) is 0 Å². The van der Waals surface area contributed by atoms with Crippen molar-refractivity contribution in [2.45, 2.75) is 84.0 Å². The van der Waals surface area contributed by atoms with Gasteiger partial charge in [-0.05, 0) is 45.1 Å².